The molecule has 7 rings (SSSR count). The third kappa shape index (κ3) is 3.44. The van der Waals surface area contributed by atoms with Gasteiger partial charge >= 0.3 is 0 Å². The van der Waals surface area contributed by atoms with E-state index in [1.165, 1.54) is 83.5 Å². The van der Waals surface area contributed by atoms with E-state index in [0.29, 0.717) is 0 Å². The summed E-state index contributed by atoms with van der Waals surface area (Å²) in [5.74, 6) is 0. The summed E-state index contributed by atoms with van der Waals surface area (Å²) in [6.45, 7) is 16.2. The van der Waals surface area contributed by atoms with Crippen molar-refractivity contribution in [1.82, 2.24) is 0 Å². The first kappa shape index (κ1) is 24.2. The van der Waals surface area contributed by atoms with Gasteiger partial charge in [-0.2, -0.15) is 0 Å². The molecule has 0 atom stereocenters. The molecule has 5 aromatic rings. The molecule has 0 bridgehead atoms. The Morgan fingerprint density at radius 2 is 0.923 bits per heavy atom. The lowest BCUT2D eigenvalue weighted by atomic mass is 9.79. The lowest BCUT2D eigenvalue weighted by Crippen LogP contribution is -2.15. The molecule has 0 spiro atoms. The van der Waals surface area contributed by atoms with Crippen LogP contribution in [0.2, 0.25) is 0 Å². The summed E-state index contributed by atoms with van der Waals surface area (Å²) in [7, 11) is 0. The Morgan fingerprint density at radius 3 is 1.62 bits per heavy atom. The number of aryl methyl sites for hydroxylation is 3. The van der Waals surface area contributed by atoms with E-state index in [2.05, 4.69) is 139 Å². The first-order valence-electron chi connectivity index (χ1n) is 14.2. The van der Waals surface area contributed by atoms with Gasteiger partial charge in [-0.15, -0.1) is 0 Å². The second-order valence-corrected chi connectivity index (χ2v) is 12.9. The Kier molecular flexibility index (Phi) is 4.99. The molecule has 0 unspecified atom stereocenters. The average molecular weight is 505 g/mol. The van der Waals surface area contributed by atoms with Crippen LogP contribution in [0.15, 0.2) is 91.0 Å². The maximum Gasteiger partial charge on any atom is 0.0159 e. The van der Waals surface area contributed by atoms with Crippen LogP contribution in [-0.4, -0.2) is 0 Å². The SMILES string of the molecule is Cc1cc(C)cc(-c2ccc3c(c2)C(C)(C)c2cc(-c4cc5c(cc4C)-c4ccccc4C5(C)C)ccc2-3)c1. The van der Waals surface area contributed by atoms with Crippen molar-refractivity contribution in [2.24, 2.45) is 0 Å². The third-order valence-corrected chi connectivity index (χ3v) is 9.47. The van der Waals surface area contributed by atoms with E-state index in [9.17, 15) is 0 Å². The molecule has 0 aromatic heterocycles. The van der Waals surface area contributed by atoms with E-state index in [1.54, 1.807) is 0 Å². The van der Waals surface area contributed by atoms with Crippen molar-refractivity contribution in [2.75, 3.05) is 0 Å². The predicted molar refractivity (Wildman–Crippen MR) is 167 cm³/mol. The zero-order valence-corrected chi connectivity index (χ0v) is 24.2. The van der Waals surface area contributed by atoms with Gasteiger partial charge in [0, 0.05) is 10.8 Å². The summed E-state index contributed by atoms with van der Waals surface area (Å²) >= 11 is 0. The van der Waals surface area contributed by atoms with Gasteiger partial charge in [0.25, 0.3) is 0 Å². The van der Waals surface area contributed by atoms with Gasteiger partial charge in [-0.3, -0.25) is 0 Å². The molecule has 0 fully saturated rings. The van der Waals surface area contributed by atoms with Crippen molar-refractivity contribution >= 4 is 0 Å². The van der Waals surface area contributed by atoms with Gasteiger partial charge < -0.3 is 0 Å². The Hall–Kier alpha value is -3.90. The highest BCUT2D eigenvalue weighted by molar-refractivity contribution is 5.88. The zero-order chi connectivity index (χ0) is 27.3. The topological polar surface area (TPSA) is 0 Å². The number of fused-ring (bicyclic) bond motifs is 6. The monoisotopic (exact) mass is 504 g/mol. The minimum absolute atomic E-state index is 0.00512. The first-order valence-corrected chi connectivity index (χ1v) is 14.2. The van der Waals surface area contributed by atoms with E-state index in [1.807, 2.05) is 0 Å². The van der Waals surface area contributed by atoms with Crippen LogP contribution >= 0.6 is 0 Å². The molecule has 0 heteroatoms. The van der Waals surface area contributed by atoms with E-state index >= 15 is 0 Å². The van der Waals surface area contributed by atoms with E-state index < -0.39 is 0 Å². The van der Waals surface area contributed by atoms with Crippen molar-refractivity contribution in [1.29, 1.82) is 0 Å². The van der Waals surface area contributed by atoms with Crippen molar-refractivity contribution in [3.63, 3.8) is 0 Å². The van der Waals surface area contributed by atoms with Crippen LogP contribution in [0.25, 0.3) is 44.5 Å². The quantitative estimate of drug-likeness (QED) is 0.224. The summed E-state index contributed by atoms with van der Waals surface area (Å²) in [4.78, 5) is 0. The molecule has 0 radical (unpaired) electrons. The highest BCUT2D eigenvalue weighted by Crippen LogP contribution is 2.53. The van der Waals surface area contributed by atoms with Crippen molar-refractivity contribution in [3.05, 3.63) is 130 Å². The molecular weight excluding hydrogens is 468 g/mol. The minimum Gasteiger partial charge on any atom is -0.0619 e. The van der Waals surface area contributed by atoms with Gasteiger partial charge in [-0.05, 0) is 111 Å². The van der Waals surface area contributed by atoms with Crippen LogP contribution in [0.3, 0.4) is 0 Å². The van der Waals surface area contributed by atoms with Gasteiger partial charge in [0.2, 0.25) is 0 Å². The Bertz CT molecular complexity index is 1810. The van der Waals surface area contributed by atoms with Gasteiger partial charge in [-0.25, -0.2) is 0 Å². The van der Waals surface area contributed by atoms with Gasteiger partial charge in [0.1, 0.15) is 0 Å². The molecule has 0 N–H and O–H groups in total. The number of hydrogen-bond donors (Lipinski definition) is 0. The van der Waals surface area contributed by atoms with Crippen molar-refractivity contribution < 1.29 is 0 Å². The van der Waals surface area contributed by atoms with Crippen LogP contribution in [0.1, 0.15) is 66.6 Å². The van der Waals surface area contributed by atoms with Crippen LogP contribution in [0.5, 0.6) is 0 Å². The van der Waals surface area contributed by atoms with E-state index in [4.69, 9.17) is 0 Å². The fraction of sp³-hybridized carbons (Fsp3) is 0.231. The summed E-state index contributed by atoms with van der Waals surface area (Å²) in [5, 5.41) is 0. The average Bonchev–Trinajstić information content (AvgIpc) is 3.26. The predicted octanol–water partition coefficient (Wildman–Crippen LogP) is 10.6. The third-order valence-electron chi connectivity index (χ3n) is 9.47. The normalized spacial score (nSPS) is 15.5. The number of rotatable bonds is 2. The number of hydrogen-bond acceptors (Lipinski definition) is 0. The van der Waals surface area contributed by atoms with Gasteiger partial charge in [0.05, 0.1) is 0 Å². The Labute approximate surface area is 233 Å². The molecule has 39 heavy (non-hydrogen) atoms. The minimum atomic E-state index is -0.0598. The van der Waals surface area contributed by atoms with E-state index in [-0.39, 0.29) is 10.8 Å². The molecule has 2 aliphatic rings. The lowest BCUT2D eigenvalue weighted by molar-refractivity contribution is 0.659. The van der Waals surface area contributed by atoms with Crippen LogP contribution in [-0.2, 0) is 10.8 Å². The number of benzene rings is 5. The smallest absolute Gasteiger partial charge is 0.0159 e. The summed E-state index contributed by atoms with van der Waals surface area (Å²) in [6.07, 6.45) is 0. The van der Waals surface area contributed by atoms with Crippen molar-refractivity contribution in [3.8, 4) is 44.5 Å². The van der Waals surface area contributed by atoms with Crippen LogP contribution in [0, 0.1) is 20.8 Å². The fourth-order valence-corrected chi connectivity index (χ4v) is 7.39. The van der Waals surface area contributed by atoms with Gasteiger partial charge in [0.15, 0.2) is 0 Å². The van der Waals surface area contributed by atoms with E-state index in [0.717, 1.165) is 0 Å². The molecule has 2 aliphatic carbocycles. The standard InChI is InChI=1S/C39H36/c1-23-16-24(2)18-28(17-23)26-12-14-30-31-15-13-27(21-36(31)39(6,7)35(30)20-26)32-22-37-33(19-25(32)3)29-10-8-9-11-34(29)38(37,4)5/h8-22H,1-7H3. The first-order chi connectivity index (χ1) is 18.6. The highest BCUT2D eigenvalue weighted by atomic mass is 14.4. The van der Waals surface area contributed by atoms with Gasteiger partial charge in [-0.1, -0.05) is 112 Å². The maximum atomic E-state index is 2.47. The molecule has 0 amide bonds. The lowest BCUT2D eigenvalue weighted by Gasteiger charge is -2.24. The Balaban J connectivity index is 1.34. The molecule has 0 saturated carbocycles. The fourth-order valence-electron chi connectivity index (χ4n) is 7.39. The molecule has 0 saturated heterocycles. The molecule has 5 aromatic carbocycles. The summed E-state index contributed by atoms with van der Waals surface area (Å²) in [5.41, 5.74) is 20.4. The highest BCUT2D eigenvalue weighted by Gasteiger charge is 2.37. The maximum absolute atomic E-state index is 2.47. The van der Waals surface area contributed by atoms with Crippen LogP contribution in [0.4, 0.5) is 0 Å². The second-order valence-electron chi connectivity index (χ2n) is 12.9. The second kappa shape index (κ2) is 8.06. The zero-order valence-electron chi connectivity index (χ0n) is 24.2. The molecule has 0 nitrogen and oxygen atoms in total. The largest absolute Gasteiger partial charge is 0.0619 e. The summed E-state index contributed by atoms with van der Waals surface area (Å²) < 4.78 is 0. The molecule has 0 aliphatic heterocycles. The van der Waals surface area contributed by atoms with Crippen molar-refractivity contribution in [2.45, 2.75) is 59.3 Å². The molecular formula is C39H36. The molecule has 0 heterocycles. The summed E-state index contributed by atoms with van der Waals surface area (Å²) in [6, 6.07) is 34.9. The Morgan fingerprint density at radius 1 is 0.385 bits per heavy atom. The van der Waals surface area contributed by atoms with Crippen LogP contribution < -0.4 is 0 Å². The molecule has 192 valence electrons.